The van der Waals surface area contributed by atoms with Gasteiger partial charge in [0.2, 0.25) is 5.82 Å². The zero-order valence-corrected chi connectivity index (χ0v) is 17.2. The van der Waals surface area contributed by atoms with Crippen LogP contribution in [0.25, 0.3) is 10.8 Å². The van der Waals surface area contributed by atoms with Gasteiger partial charge >= 0.3 is 12.1 Å². The van der Waals surface area contributed by atoms with Crippen molar-refractivity contribution in [3.8, 4) is 16.6 Å². The summed E-state index contributed by atoms with van der Waals surface area (Å²) in [6.45, 7) is -0.242. The van der Waals surface area contributed by atoms with Crippen molar-refractivity contribution in [1.29, 1.82) is 0 Å². The number of benzene rings is 1. The van der Waals surface area contributed by atoms with Crippen molar-refractivity contribution in [2.24, 2.45) is 0 Å². The lowest BCUT2D eigenvalue weighted by molar-refractivity contribution is -0.138. The van der Waals surface area contributed by atoms with Gasteiger partial charge in [0.1, 0.15) is 5.75 Å². The van der Waals surface area contributed by atoms with Crippen LogP contribution in [0, 0.1) is 0 Å². The van der Waals surface area contributed by atoms with Crippen LogP contribution in [-0.4, -0.2) is 53.8 Å². The van der Waals surface area contributed by atoms with E-state index in [4.69, 9.17) is 21.4 Å². The number of carboxylic acid groups (broad SMARTS) is 1. The molecule has 1 N–H and O–H groups in total. The number of nitrogens with zero attached hydrogens (tertiary/aromatic N) is 6. The Morgan fingerprint density at radius 2 is 2.10 bits per heavy atom. The first-order valence-electron chi connectivity index (χ1n) is 8.18. The fourth-order valence-corrected chi connectivity index (χ4v) is 4.00. The van der Waals surface area contributed by atoms with Gasteiger partial charge in [-0.2, -0.15) is 18.0 Å². The maximum absolute atomic E-state index is 12.8. The molecule has 0 atom stereocenters. The number of ether oxygens (including phenoxy) is 1. The van der Waals surface area contributed by atoms with Crippen LogP contribution in [0.15, 0.2) is 22.5 Å². The second-order valence-electron chi connectivity index (χ2n) is 5.60. The second kappa shape index (κ2) is 9.57. The molecule has 2 heterocycles. The molecule has 15 heteroatoms. The normalized spacial score (nSPS) is 11.6. The van der Waals surface area contributed by atoms with Crippen LogP contribution in [0.2, 0.25) is 5.02 Å². The molecular formula is C15H12ClF3N6O3S2. The van der Waals surface area contributed by atoms with Gasteiger partial charge in [0.15, 0.2) is 15.9 Å². The van der Waals surface area contributed by atoms with Gasteiger partial charge in [0, 0.05) is 5.75 Å². The van der Waals surface area contributed by atoms with Crippen molar-refractivity contribution in [2.45, 2.75) is 23.5 Å². The minimum atomic E-state index is -4.47. The highest BCUT2D eigenvalue weighted by molar-refractivity contribution is 8.01. The Bertz CT molecular complexity index is 1030. The number of halogens is 4. The molecule has 0 spiro atoms. The monoisotopic (exact) mass is 480 g/mol. The summed E-state index contributed by atoms with van der Waals surface area (Å²) in [5.74, 6) is -0.376. The van der Waals surface area contributed by atoms with E-state index in [1.807, 2.05) is 0 Å². The summed E-state index contributed by atoms with van der Waals surface area (Å²) in [4.78, 5) is 11.6. The molecule has 2 aromatic heterocycles. The molecule has 0 saturated heterocycles. The Morgan fingerprint density at radius 3 is 2.83 bits per heavy atom. The molecule has 1 aromatic carbocycles. The van der Waals surface area contributed by atoms with Crippen molar-refractivity contribution < 1.29 is 27.8 Å². The van der Waals surface area contributed by atoms with Gasteiger partial charge in [-0.15, -0.1) is 20.4 Å². The van der Waals surface area contributed by atoms with Gasteiger partial charge in [-0.25, -0.2) is 0 Å². The lowest BCUT2D eigenvalue weighted by Crippen LogP contribution is -2.11. The van der Waals surface area contributed by atoms with Gasteiger partial charge < -0.3 is 9.84 Å². The summed E-state index contributed by atoms with van der Waals surface area (Å²) in [5.41, 5.74) is -0.827. The van der Waals surface area contributed by atoms with E-state index in [1.165, 1.54) is 23.1 Å². The van der Waals surface area contributed by atoms with Crippen molar-refractivity contribution in [3.63, 3.8) is 0 Å². The highest BCUT2D eigenvalue weighted by Crippen LogP contribution is 2.35. The smallest absolute Gasteiger partial charge is 0.416 e. The number of thioether (sulfide) groups is 1. The van der Waals surface area contributed by atoms with Crippen LogP contribution in [0.1, 0.15) is 12.0 Å². The maximum atomic E-state index is 12.8. The van der Waals surface area contributed by atoms with Crippen molar-refractivity contribution in [1.82, 2.24) is 30.4 Å². The second-order valence-corrected chi connectivity index (χ2v) is 8.33. The van der Waals surface area contributed by atoms with Crippen molar-refractivity contribution >= 4 is 40.7 Å². The molecule has 9 nitrogen and oxygen atoms in total. The highest BCUT2D eigenvalue weighted by Gasteiger charge is 2.31. The zero-order chi connectivity index (χ0) is 21.7. The van der Waals surface area contributed by atoms with E-state index < -0.39 is 24.3 Å². The van der Waals surface area contributed by atoms with Gasteiger partial charge in [-0.1, -0.05) is 34.7 Å². The first-order valence-corrected chi connectivity index (χ1v) is 10.4. The third-order valence-electron chi connectivity index (χ3n) is 3.36. The van der Waals surface area contributed by atoms with Crippen LogP contribution in [0.3, 0.4) is 0 Å². The standard InChI is InChI=1S/C15H12ClF3N6O3S2/c16-9-3-2-8(15(17,18)19)6-10(9)28-4-1-5-29-14-22-21-13(30-14)12-20-24-25(23-12)7-11(26)27/h2-3,6H,1,4-5,7H2,(H,26,27). The first kappa shape index (κ1) is 22.2. The van der Waals surface area contributed by atoms with Gasteiger partial charge in [-0.05, 0) is 29.8 Å². The molecule has 0 fully saturated rings. The number of hydrogen-bond donors (Lipinski definition) is 1. The van der Waals surface area contributed by atoms with E-state index in [0.717, 1.165) is 23.0 Å². The molecule has 0 aliphatic carbocycles. The minimum absolute atomic E-state index is 0.0229. The number of rotatable bonds is 9. The summed E-state index contributed by atoms with van der Waals surface area (Å²) >= 11 is 8.46. The van der Waals surface area contributed by atoms with Gasteiger partial charge in [0.05, 0.1) is 17.2 Å². The molecule has 160 valence electrons. The lowest BCUT2D eigenvalue weighted by atomic mass is 10.2. The first-order chi connectivity index (χ1) is 14.2. The largest absolute Gasteiger partial charge is 0.492 e. The number of aromatic nitrogens is 6. The molecule has 0 unspecified atom stereocenters. The van der Waals surface area contributed by atoms with E-state index in [-0.39, 0.29) is 23.2 Å². The quantitative estimate of drug-likeness (QED) is 0.362. The summed E-state index contributed by atoms with van der Waals surface area (Å²) < 4.78 is 44.3. The number of alkyl halides is 3. The number of tetrazole rings is 1. The van der Waals surface area contributed by atoms with Gasteiger partial charge in [-0.3, -0.25) is 4.79 Å². The number of hydrogen-bond acceptors (Lipinski definition) is 9. The Balaban J connectivity index is 1.47. The van der Waals surface area contributed by atoms with Crippen LogP contribution in [-0.2, 0) is 17.5 Å². The molecular weight excluding hydrogens is 469 g/mol. The topological polar surface area (TPSA) is 116 Å². The fourth-order valence-electron chi connectivity index (χ4n) is 2.07. The molecule has 0 aliphatic heterocycles. The average molecular weight is 481 g/mol. The van der Waals surface area contributed by atoms with Gasteiger partial charge in [0.25, 0.3) is 0 Å². The Kier molecular flexibility index (Phi) is 7.10. The van der Waals surface area contributed by atoms with E-state index in [9.17, 15) is 18.0 Å². The predicted octanol–water partition coefficient (Wildman–Crippen LogP) is 3.51. The van der Waals surface area contributed by atoms with Crippen LogP contribution in [0.4, 0.5) is 13.2 Å². The number of aliphatic carboxylic acids is 1. The summed E-state index contributed by atoms with van der Waals surface area (Å²) in [6.07, 6.45) is -3.94. The molecule has 3 rings (SSSR count). The van der Waals surface area contributed by atoms with Crippen molar-refractivity contribution in [3.05, 3.63) is 28.8 Å². The molecule has 0 saturated carbocycles. The average Bonchev–Trinajstić information content (AvgIpc) is 3.30. The third kappa shape index (κ3) is 6.03. The molecule has 0 radical (unpaired) electrons. The van der Waals surface area contributed by atoms with Crippen LogP contribution < -0.4 is 4.74 Å². The number of carboxylic acids is 1. The molecule has 30 heavy (non-hydrogen) atoms. The third-order valence-corrected chi connectivity index (χ3v) is 5.81. The fraction of sp³-hybridized carbons (Fsp3) is 0.333. The Labute approximate surface area is 180 Å². The molecule has 0 bridgehead atoms. The summed E-state index contributed by atoms with van der Waals surface area (Å²) in [7, 11) is 0. The summed E-state index contributed by atoms with van der Waals surface area (Å²) in [6, 6.07) is 2.92. The number of carbonyl (C=O) groups is 1. The van der Waals surface area contributed by atoms with E-state index in [2.05, 4.69) is 25.6 Å². The molecule has 0 amide bonds. The maximum Gasteiger partial charge on any atom is 0.416 e. The Morgan fingerprint density at radius 1 is 1.30 bits per heavy atom. The molecule has 3 aromatic rings. The Hall–Kier alpha value is -2.45. The lowest BCUT2D eigenvalue weighted by Gasteiger charge is -2.11. The van der Waals surface area contributed by atoms with Crippen LogP contribution in [0.5, 0.6) is 5.75 Å². The SMILES string of the molecule is O=C(O)Cn1nnc(-c2nnc(SCCCOc3cc(C(F)(F)F)ccc3Cl)s2)n1. The minimum Gasteiger partial charge on any atom is -0.492 e. The predicted molar refractivity (Wildman–Crippen MR) is 102 cm³/mol. The highest BCUT2D eigenvalue weighted by atomic mass is 35.5. The van der Waals surface area contributed by atoms with E-state index in [0.29, 0.717) is 21.5 Å². The van der Waals surface area contributed by atoms with E-state index in [1.54, 1.807) is 0 Å². The van der Waals surface area contributed by atoms with E-state index >= 15 is 0 Å². The molecule has 0 aliphatic rings. The summed E-state index contributed by atoms with van der Waals surface area (Å²) in [5, 5.41) is 28.4. The van der Waals surface area contributed by atoms with Crippen molar-refractivity contribution in [2.75, 3.05) is 12.4 Å². The zero-order valence-electron chi connectivity index (χ0n) is 14.8. The van der Waals surface area contributed by atoms with Crippen LogP contribution >= 0.6 is 34.7 Å².